The van der Waals surface area contributed by atoms with Crippen LogP contribution >= 0.6 is 0 Å². The van der Waals surface area contributed by atoms with E-state index in [4.69, 9.17) is 0 Å². The number of benzene rings is 2. The number of carbonyl (C=O) groups is 1. The number of allylic oxidation sites excluding steroid dienone is 1. The second kappa shape index (κ2) is 35.2. The molecule has 0 aliphatic carbocycles. The standard InChI is InChI=1S/C50H84N2O/c1-3-5-7-9-11-13-15-17-19-21-23-25-27-29-31-33-41-47-52(49-44-38-35-39-45-49)50(53)51(48-42-36-34-37-43-48)46-40-32-30-28-26-24-22-20-18-16-14-12-10-8-6-4-2/h3,34-39,42-45H,1,4-33,40-41,46-47H2,2H3. The van der Waals surface area contributed by atoms with Crippen LogP contribution in [0.5, 0.6) is 0 Å². The average molecular weight is 729 g/mol. The van der Waals surface area contributed by atoms with Crippen LogP contribution in [-0.2, 0) is 0 Å². The Hall–Kier alpha value is -2.55. The van der Waals surface area contributed by atoms with Gasteiger partial charge in [0.25, 0.3) is 0 Å². The Morgan fingerprint density at radius 1 is 0.415 bits per heavy atom. The molecule has 0 fully saturated rings. The summed E-state index contributed by atoms with van der Waals surface area (Å²) in [4.78, 5) is 18.4. The summed E-state index contributed by atoms with van der Waals surface area (Å²) in [6.45, 7) is 7.67. The minimum atomic E-state index is 0.121. The Labute approximate surface area is 329 Å². The molecule has 3 nitrogen and oxygen atoms in total. The molecule has 2 aromatic rings. The first-order valence-corrected chi connectivity index (χ1v) is 23.1. The van der Waals surface area contributed by atoms with E-state index in [0.717, 1.165) is 37.3 Å². The highest BCUT2D eigenvalue weighted by Gasteiger charge is 2.23. The number of para-hydroxylation sites is 2. The molecule has 0 unspecified atom stereocenters. The third kappa shape index (κ3) is 25.2. The summed E-state index contributed by atoms with van der Waals surface area (Å²) in [6, 6.07) is 20.8. The van der Waals surface area contributed by atoms with Crippen LogP contribution in [0.4, 0.5) is 16.2 Å². The predicted molar refractivity (Wildman–Crippen MR) is 237 cm³/mol. The van der Waals surface area contributed by atoms with Gasteiger partial charge in [-0.15, -0.1) is 6.58 Å². The lowest BCUT2D eigenvalue weighted by Gasteiger charge is -2.31. The first-order valence-electron chi connectivity index (χ1n) is 23.1. The lowest BCUT2D eigenvalue weighted by atomic mass is 10.0. The second-order valence-electron chi connectivity index (χ2n) is 15.9. The summed E-state index contributed by atoms with van der Waals surface area (Å²) >= 11 is 0. The van der Waals surface area contributed by atoms with Crippen molar-refractivity contribution in [2.24, 2.45) is 0 Å². The molecular weight excluding hydrogens is 645 g/mol. The number of hydrogen-bond donors (Lipinski definition) is 0. The zero-order valence-corrected chi connectivity index (χ0v) is 34.9. The van der Waals surface area contributed by atoms with E-state index in [0.29, 0.717) is 0 Å². The second-order valence-corrected chi connectivity index (χ2v) is 15.9. The fourth-order valence-corrected chi connectivity index (χ4v) is 7.71. The molecule has 0 heterocycles. The number of anilines is 2. The van der Waals surface area contributed by atoms with E-state index in [2.05, 4.69) is 62.0 Å². The topological polar surface area (TPSA) is 23.6 Å². The highest BCUT2D eigenvalue weighted by molar-refractivity contribution is 6.03. The van der Waals surface area contributed by atoms with Gasteiger partial charge in [-0.25, -0.2) is 4.79 Å². The van der Waals surface area contributed by atoms with Crippen molar-refractivity contribution in [3.63, 3.8) is 0 Å². The maximum atomic E-state index is 14.3. The van der Waals surface area contributed by atoms with Crippen molar-refractivity contribution >= 4 is 17.4 Å². The fourth-order valence-electron chi connectivity index (χ4n) is 7.71. The Bertz CT molecular complexity index is 1070. The van der Waals surface area contributed by atoms with E-state index >= 15 is 0 Å². The molecule has 0 bridgehead atoms. The van der Waals surface area contributed by atoms with E-state index in [9.17, 15) is 4.79 Å². The van der Waals surface area contributed by atoms with Gasteiger partial charge in [-0.2, -0.15) is 0 Å². The number of urea groups is 1. The van der Waals surface area contributed by atoms with Gasteiger partial charge in [-0.1, -0.05) is 229 Å². The van der Waals surface area contributed by atoms with Gasteiger partial charge in [0.15, 0.2) is 0 Å². The van der Waals surface area contributed by atoms with Crippen LogP contribution in [0.2, 0.25) is 0 Å². The van der Waals surface area contributed by atoms with Crippen molar-refractivity contribution in [3.05, 3.63) is 73.3 Å². The molecule has 53 heavy (non-hydrogen) atoms. The van der Waals surface area contributed by atoms with Gasteiger partial charge in [0.2, 0.25) is 0 Å². The van der Waals surface area contributed by atoms with Crippen molar-refractivity contribution in [1.29, 1.82) is 0 Å². The van der Waals surface area contributed by atoms with Crippen LogP contribution in [0.15, 0.2) is 73.3 Å². The zero-order valence-electron chi connectivity index (χ0n) is 34.9. The van der Waals surface area contributed by atoms with Gasteiger partial charge in [0.05, 0.1) is 0 Å². The molecule has 0 spiro atoms. The summed E-state index contributed by atoms with van der Waals surface area (Å²) < 4.78 is 0. The van der Waals surface area contributed by atoms with Crippen molar-refractivity contribution in [2.75, 3.05) is 22.9 Å². The molecule has 2 amide bonds. The van der Waals surface area contributed by atoms with Gasteiger partial charge in [-0.3, -0.25) is 9.80 Å². The molecule has 0 radical (unpaired) electrons. The van der Waals surface area contributed by atoms with Crippen LogP contribution in [0.3, 0.4) is 0 Å². The lowest BCUT2D eigenvalue weighted by Crippen LogP contribution is -2.44. The highest BCUT2D eigenvalue weighted by atomic mass is 16.2. The molecule has 0 N–H and O–H groups in total. The van der Waals surface area contributed by atoms with Crippen LogP contribution in [-0.4, -0.2) is 19.1 Å². The maximum absolute atomic E-state index is 14.3. The van der Waals surface area contributed by atoms with Crippen LogP contribution in [0.25, 0.3) is 0 Å². The normalized spacial score (nSPS) is 11.2. The van der Waals surface area contributed by atoms with Gasteiger partial charge in [0, 0.05) is 24.5 Å². The number of amides is 2. The number of nitrogens with zero attached hydrogens (tertiary/aromatic N) is 2. The smallest absolute Gasteiger partial charge is 0.294 e. The first kappa shape index (κ1) is 46.6. The Morgan fingerprint density at radius 2 is 0.679 bits per heavy atom. The zero-order chi connectivity index (χ0) is 37.7. The minimum Gasteiger partial charge on any atom is -0.294 e. The van der Waals surface area contributed by atoms with Gasteiger partial charge in [-0.05, 0) is 49.9 Å². The van der Waals surface area contributed by atoms with Crippen LogP contribution in [0, 0.1) is 0 Å². The van der Waals surface area contributed by atoms with E-state index in [-0.39, 0.29) is 6.03 Å². The third-order valence-corrected chi connectivity index (χ3v) is 11.1. The molecule has 3 heteroatoms. The van der Waals surface area contributed by atoms with Crippen molar-refractivity contribution in [3.8, 4) is 0 Å². The Morgan fingerprint density at radius 3 is 0.962 bits per heavy atom. The Kier molecular flexibility index (Phi) is 30.9. The summed E-state index contributed by atoms with van der Waals surface area (Å²) in [5.41, 5.74) is 2.02. The molecule has 0 saturated carbocycles. The quantitative estimate of drug-likeness (QED) is 0.0502. The number of rotatable bonds is 37. The molecule has 0 atom stereocenters. The number of hydrogen-bond acceptors (Lipinski definition) is 1. The molecule has 2 aromatic carbocycles. The largest absolute Gasteiger partial charge is 0.328 e. The summed E-state index contributed by atoms with van der Waals surface area (Å²) in [5, 5.41) is 0. The third-order valence-electron chi connectivity index (χ3n) is 11.1. The summed E-state index contributed by atoms with van der Waals surface area (Å²) in [5.74, 6) is 0. The van der Waals surface area contributed by atoms with Gasteiger partial charge in [0.1, 0.15) is 0 Å². The molecule has 0 aromatic heterocycles. The summed E-state index contributed by atoms with van der Waals surface area (Å²) in [7, 11) is 0. The SMILES string of the molecule is C=CCCCCCCCCCCCCCCCCCN(C(=O)N(CCCCCCCCCCCCCCCCCC)c1ccccc1)c1ccccc1. The van der Waals surface area contributed by atoms with E-state index in [1.165, 1.54) is 193 Å². The minimum absolute atomic E-state index is 0.121. The van der Waals surface area contributed by atoms with Gasteiger partial charge >= 0.3 is 6.03 Å². The highest BCUT2D eigenvalue weighted by Crippen LogP contribution is 2.23. The van der Waals surface area contributed by atoms with Crippen LogP contribution in [0.1, 0.15) is 212 Å². The molecule has 300 valence electrons. The van der Waals surface area contributed by atoms with Gasteiger partial charge < -0.3 is 0 Å². The molecular formula is C50H84N2O. The van der Waals surface area contributed by atoms with Crippen molar-refractivity contribution in [1.82, 2.24) is 0 Å². The molecule has 0 aliphatic rings. The molecule has 0 aliphatic heterocycles. The van der Waals surface area contributed by atoms with E-state index < -0.39 is 0 Å². The maximum Gasteiger partial charge on any atom is 0.328 e. The Balaban J connectivity index is 1.64. The molecule has 0 saturated heterocycles. The fraction of sp³-hybridized carbons (Fsp3) is 0.700. The summed E-state index contributed by atoms with van der Waals surface area (Å²) in [6.07, 6.45) is 45.1. The number of unbranched alkanes of at least 4 members (excludes halogenated alkanes) is 30. The van der Waals surface area contributed by atoms with E-state index in [1.54, 1.807) is 0 Å². The molecule has 2 rings (SSSR count). The monoisotopic (exact) mass is 729 g/mol. The van der Waals surface area contributed by atoms with E-state index in [1.807, 2.05) is 28.0 Å². The van der Waals surface area contributed by atoms with Crippen molar-refractivity contribution < 1.29 is 4.79 Å². The lowest BCUT2D eigenvalue weighted by molar-refractivity contribution is 0.251. The first-order chi connectivity index (χ1) is 26.3. The van der Waals surface area contributed by atoms with Crippen LogP contribution < -0.4 is 9.80 Å². The number of carbonyl (C=O) groups excluding carboxylic acids is 1. The van der Waals surface area contributed by atoms with Crippen molar-refractivity contribution in [2.45, 2.75) is 212 Å². The average Bonchev–Trinajstić information content (AvgIpc) is 3.19. The predicted octanol–water partition coefficient (Wildman–Crippen LogP) is 16.8.